The van der Waals surface area contributed by atoms with Crippen LogP contribution in [0.25, 0.3) is 0 Å². The lowest BCUT2D eigenvalue weighted by Gasteiger charge is -2.28. The van der Waals surface area contributed by atoms with Crippen molar-refractivity contribution in [2.75, 3.05) is 20.6 Å². The third-order valence-corrected chi connectivity index (χ3v) is 5.91. The predicted octanol–water partition coefficient (Wildman–Crippen LogP) is 2.27. The number of carbonyl (C=O) groups is 1. The largest absolute Gasteiger partial charge is 0.301 e. The Morgan fingerprint density at radius 2 is 1.83 bits per heavy atom. The SMILES string of the molecule is CN(C)C(CN1C(=O)c2ccccc2S1(=O)=O)c1cccc(F)c1. The van der Waals surface area contributed by atoms with Crippen LogP contribution < -0.4 is 0 Å². The van der Waals surface area contributed by atoms with E-state index in [0.29, 0.717) is 5.56 Å². The zero-order valence-corrected chi connectivity index (χ0v) is 14.1. The molecule has 5 nitrogen and oxygen atoms in total. The molecule has 1 aliphatic heterocycles. The first-order chi connectivity index (χ1) is 11.3. The molecule has 1 atom stereocenters. The summed E-state index contributed by atoms with van der Waals surface area (Å²) in [7, 11) is -0.359. The summed E-state index contributed by atoms with van der Waals surface area (Å²) in [6.45, 7) is -0.0771. The molecule has 0 aliphatic carbocycles. The van der Waals surface area contributed by atoms with Gasteiger partial charge >= 0.3 is 0 Å². The smallest absolute Gasteiger partial charge is 0.269 e. The first-order valence-corrected chi connectivity index (χ1v) is 8.84. The molecule has 0 N–H and O–H groups in total. The van der Waals surface area contributed by atoms with Gasteiger partial charge < -0.3 is 4.90 Å². The Morgan fingerprint density at radius 1 is 1.12 bits per heavy atom. The Balaban J connectivity index is 1.99. The average molecular weight is 348 g/mol. The van der Waals surface area contributed by atoms with Crippen molar-refractivity contribution in [2.45, 2.75) is 10.9 Å². The van der Waals surface area contributed by atoms with Crippen LogP contribution in [-0.4, -0.2) is 44.2 Å². The zero-order valence-electron chi connectivity index (χ0n) is 13.3. The van der Waals surface area contributed by atoms with Gasteiger partial charge in [0.1, 0.15) is 10.7 Å². The van der Waals surface area contributed by atoms with Gasteiger partial charge in [-0.3, -0.25) is 4.79 Å². The highest BCUT2D eigenvalue weighted by Gasteiger charge is 2.42. The van der Waals surface area contributed by atoms with E-state index in [0.717, 1.165) is 4.31 Å². The van der Waals surface area contributed by atoms with Gasteiger partial charge in [-0.15, -0.1) is 0 Å². The first kappa shape index (κ1) is 16.6. The molecule has 24 heavy (non-hydrogen) atoms. The molecule has 0 radical (unpaired) electrons. The van der Waals surface area contributed by atoms with Crippen molar-refractivity contribution in [3.05, 3.63) is 65.5 Å². The number of rotatable bonds is 4. The van der Waals surface area contributed by atoms with Crippen molar-refractivity contribution in [1.82, 2.24) is 9.21 Å². The zero-order chi connectivity index (χ0) is 17.5. The van der Waals surface area contributed by atoms with Crippen LogP contribution in [0.4, 0.5) is 4.39 Å². The maximum absolute atomic E-state index is 13.5. The second-order valence-corrected chi connectivity index (χ2v) is 7.70. The molecular weight excluding hydrogens is 331 g/mol. The molecule has 0 saturated carbocycles. The number of likely N-dealkylation sites (N-methyl/N-ethyl adjacent to an activating group) is 1. The Hall–Kier alpha value is -2.25. The van der Waals surface area contributed by atoms with Gasteiger partial charge in [-0.2, -0.15) is 0 Å². The number of benzene rings is 2. The maximum Gasteiger partial charge on any atom is 0.269 e. The molecule has 1 aliphatic rings. The molecular formula is C17H17FN2O3S. The summed E-state index contributed by atoms with van der Waals surface area (Å²) in [4.78, 5) is 14.3. The minimum Gasteiger partial charge on any atom is -0.301 e. The van der Waals surface area contributed by atoms with E-state index in [1.807, 2.05) is 0 Å². The Morgan fingerprint density at radius 3 is 2.46 bits per heavy atom. The van der Waals surface area contributed by atoms with Crippen LogP contribution in [0.3, 0.4) is 0 Å². The maximum atomic E-state index is 13.5. The van der Waals surface area contributed by atoms with Gasteiger partial charge in [0.05, 0.1) is 18.2 Å². The highest BCUT2D eigenvalue weighted by molar-refractivity contribution is 7.90. The summed E-state index contributed by atoms with van der Waals surface area (Å²) in [5.74, 6) is -0.952. The standard InChI is InChI=1S/C17H17FN2O3S/c1-19(2)15(12-6-5-7-13(18)10-12)11-20-17(21)14-8-3-4-9-16(14)24(20,22)23/h3-10,15H,11H2,1-2H3. The van der Waals surface area contributed by atoms with Gasteiger partial charge in [0, 0.05) is 0 Å². The van der Waals surface area contributed by atoms with E-state index in [1.54, 1.807) is 43.3 Å². The molecule has 1 amide bonds. The van der Waals surface area contributed by atoms with Crippen molar-refractivity contribution in [3.8, 4) is 0 Å². The number of sulfonamides is 1. The van der Waals surface area contributed by atoms with E-state index in [4.69, 9.17) is 0 Å². The quantitative estimate of drug-likeness (QED) is 0.851. The molecule has 1 unspecified atom stereocenters. The average Bonchev–Trinajstić information content (AvgIpc) is 2.72. The lowest BCUT2D eigenvalue weighted by atomic mass is 10.1. The number of hydrogen-bond acceptors (Lipinski definition) is 4. The van der Waals surface area contributed by atoms with Gasteiger partial charge in [0.15, 0.2) is 0 Å². The van der Waals surface area contributed by atoms with Crippen LogP contribution in [0.1, 0.15) is 22.0 Å². The molecule has 0 spiro atoms. The van der Waals surface area contributed by atoms with E-state index in [9.17, 15) is 17.6 Å². The van der Waals surface area contributed by atoms with Gasteiger partial charge in [-0.05, 0) is 43.9 Å². The number of amides is 1. The van der Waals surface area contributed by atoms with E-state index in [1.165, 1.54) is 24.3 Å². The Bertz CT molecular complexity index is 896. The molecule has 0 bridgehead atoms. The summed E-state index contributed by atoms with van der Waals surface area (Å²) >= 11 is 0. The summed E-state index contributed by atoms with van der Waals surface area (Å²) in [6.07, 6.45) is 0. The molecule has 2 aromatic rings. The number of fused-ring (bicyclic) bond motifs is 1. The van der Waals surface area contributed by atoms with Crippen molar-refractivity contribution >= 4 is 15.9 Å². The van der Waals surface area contributed by atoms with Crippen molar-refractivity contribution in [3.63, 3.8) is 0 Å². The third-order valence-electron chi connectivity index (χ3n) is 4.11. The van der Waals surface area contributed by atoms with Gasteiger partial charge in [0.25, 0.3) is 15.9 Å². The van der Waals surface area contributed by atoms with Crippen LogP contribution >= 0.6 is 0 Å². The number of carbonyl (C=O) groups excluding carboxylic acids is 1. The third kappa shape index (κ3) is 2.70. The van der Waals surface area contributed by atoms with Crippen LogP contribution in [0.2, 0.25) is 0 Å². The van der Waals surface area contributed by atoms with Crippen molar-refractivity contribution in [1.29, 1.82) is 0 Å². The fourth-order valence-electron chi connectivity index (χ4n) is 2.85. The fourth-order valence-corrected chi connectivity index (χ4v) is 4.42. The molecule has 0 aromatic heterocycles. The first-order valence-electron chi connectivity index (χ1n) is 7.40. The van der Waals surface area contributed by atoms with Crippen LogP contribution in [0.5, 0.6) is 0 Å². The number of nitrogens with zero attached hydrogens (tertiary/aromatic N) is 2. The monoisotopic (exact) mass is 348 g/mol. The highest BCUT2D eigenvalue weighted by atomic mass is 32.2. The Kier molecular flexibility index (Phi) is 4.15. The molecule has 2 aromatic carbocycles. The minimum absolute atomic E-state index is 0.0201. The lowest BCUT2D eigenvalue weighted by molar-refractivity contribution is 0.0845. The van der Waals surface area contributed by atoms with Crippen LogP contribution in [0, 0.1) is 5.82 Å². The van der Waals surface area contributed by atoms with Crippen LogP contribution in [0.15, 0.2) is 53.4 Å². The second kappa shape index (κ2) is 5.99. The van der Waals surface area contributed by atoms with Gasteiger partial charge in [0.2, 0.25) is 0 Å². The van der Waals surface area contributed by atoms with Crippen LogP contribution in [-0.2, 0) is 10.0 Å². The molecule has 126 valence electrons. The number of hydrogen-bond donors (Lipinski definition) is 0. The molecule has 1 heterocycles. The van der Waals surface area contributed by atoms with Gasteiger partial charge in [-0.1, -0.05) is 24.3 Å². The van der Waals surface area contributed by atoms with Gasteiger partial charge in [-0.25, -0.2) is 17.1 Å². The van der Waals surface area contributed by atoms with E-state index >= 15 is 0 Å². The Labute approximate surface area is 140 Å². The van der Waals surface area contributed by atoms with E-state index < -0.39 is 27.8 Å². The fraction of sp³-hybridized carbons (Fsp3) is 0.235. The summed E-state index contributed by atoms with van der Waals surface area (Å²) in [6, 6.07) is 11.7. The van der Waals surface area contributed by atoms with E-state index in [-0.39, 0.29) is 17.0 Å². The number of halogens is 1. The summed E-state index contributed by atoms with van der Waals surface area (Å²) in [5.41, 5.74) is 0.785. The van der Waals surface area contributed by atoms with Crippen molar-refractivity contribution in [2.24, 2.45) is 0 Å². The minimum atomic E-state index is -3.88. The highest BCUT2D eigenvalue weighted by Crippen LogP contribution is 2.32. The predicted molar refractivity (Wildman–Crippen MR) is 87.5 cm³/mol. The topological polar surface area (TPSA) is 57.7 Å². The molecule has 0 saturated heterocycles. The molecule has 3 rings (SSSR count). The normalized spacial score (nSPS) is 17.2. The van der Waals surface area contributed by atoms with Crippen molar-refractivity contribution < 1.29 is 17.6 Å². The molecule has 0 fully saturated rings. The van der Waals surface area contributed by atoms with E-state index in [2.05, 4.69) is 0 Å². The summed E-state index contributed by atoms with van der Waals surface area (Å²) < 4.78 is 39.7. The lowest BCUT2D eigenvalue weighted by Crippen LogP contribution is -2.38. The molecule has 7 heteroatoms. The second-order valence-electron chi connectivity index (χ2n) is 5.87. The summed E-state index contributed by atoms with van der Waals surface area (Å²) in [5, 5.41) is 0.